The lowest BCUT2D eigenvalue weighted by Crippen LogP contribution is -2.16. The van der Waals surface area contributed by atoms with Crippen molar-refractivity contribution in [3.05, 3.63) is 143 Å². The number of rotatable bonds is 6. The summed E-state index contributed by atoms with van der Waals surface area (Å²) in [5.74, 6) is 0. The number of hydrogen-bond acceptors (Lipinski definition) is 2. The van der Waals surface area contributed by atoms with Crippen LogP contribution in [0.2, 0.25) is 5.02 Å². The number of para-hydroxylation sites is 2. The van der Waals surface area contributed by atoms with Gasteiger partial charge in [-0.05, 0) is 95.0 Å². The Kier molecular flexibility index (Phi) is 5.36. The second-order valence-electron chi connectivity index (χ2n) is 12.3. The Labute approximate surface area is 271 Å². The molecule has 0 N–H and O–H groups in total. The lowest BCUT2D eigenvalue weighted by Gasteiger charge is -2.32. The number of aryl methyl sites for hydroxylation is 1. The average Bonchev–Trinajstić information content (AvgIpc) is 3.08. The molecule has 214 valence electrons. The highest BCUT2D eigenvalue weighted by Gasteiger charge is 2.24. The summed E-state index contributed by atoms with van der Waals surface area (Å²) in [6.07, 6.45) is 0. The molecule has 0 atom stereocenters. The van der Waals surface area contributed by atoms with Crippen LogP contribution in [0.4, 0.5) is 34.1 Å². The number of anilines is 6. The minimum atomic E-state index is -0.656. The van der Waals surface area contributed by atoms with Gasteiger partial charge in [0.2, 0.25) is 0 Å². The minimum absolute atomic E-state index is 0.0454. The number of nitrogens with zero attached hydrogens (tertiary/aromatic N) is 2. The summed E-state index contributed by atoms with van der Waals surface area (Å²) in [4.78, 5) is 3.04. The van der Waals surface area contributed by atoms with E-state index < -0.39 is 71.8 Å². The molecule has 0 radical (unpaired) electrons. The first-order chi connectivity index (χ1) is 24.1. The highest BCUT2D eigenvalue weighted by Crippen LogP contribution is 2.47. The third-order valence-corrected chi connectivity index (χ3v) is 7.45. The molecule has 42 heavy (non-hydrogen) atoms. The van der Waals surface area contributed by atoms with Crippen molar-refractivity contribution in [1.82, 2.24) is 0 Å². The van der Waals surface area contributed by atoms with Crippen molar-refractivity contribution in [2.24, 2.45) is 0 Å². The van der Waals surface area contributed by atoms with Crippen LogP contribution in [0.25, 0.3) is 0 Å². The van der Waals surface area contributed by atoms with Gasteiger partial charge in [0.25, 0.3) is 0 Å². The third kappa shape index (κ3) is 6.25. The maximum Gasteiger partial charge on any atom is 0.0887 e. The zero-order chi connectivity index (χ0) is 38.8. The van der Waals surface area contributed by atoms with E-state index in [0.29, 0.717) is 11.3 Å². The Morgan fingerprint density at radius 1 is 0.524 bits per heavy atom. The zero-order valence-electron chi connectivity index (χ0n) is 35.0. The van der Waals surface area contributed by atoms with E-state index in [1.165, 1.54) is 0 Å². The Balaban J connectivity index is 1.91. The molecule has 0 amide bonds. The first-order valence-electron chi connectivity index (χ1n) is 18.8. The zero-order valence-corrected chi connectivity index (χ0v) is 25.8. The van der Waals surface area contributed by atoms with Crippen LogP contribution in [0, 0.1) is 6.92 Å². The molecule has 0 aromatic heterocycles. The molecule has 5 rings (SSSR count). The molecule has 0 aliphatic rings. The molecule has 0 spiro atoms. The van der Waals surface area contributed by atoms with E-state index >= 15 is 0 Å². The van der Waals surface area contributed by atoms with Crippen molar-refractivity contribution in [3.8, 4) is 0 Å². The van der Waals surface area contributed by atoms with Crippen molar-refractivity contribution in [1.29, 1.82) is 0 Å². The smallest absolute Gasteiger partial charge is 0.0887 e. The van der Waals surface area contributed by atoms with E-state index in [1.807, 2.05) is 59.5 Å². The van der Waals surface area contributed by atoms with Gasteiger partial charge in [0.1, 0.15) is 0 Å². The highest BCUT2D eigenvalue weighted by atomic mass is 35.5. The lowest BCUT2D eigenvalue weighted by atomic mass is 9.86. The Morgan fingerprint density at radius 2 is 0.857 bits per heavy atom. The van der Waals surface area contributed by atoms with Crippen molar-refractivity contribution in [2.75, 3.05) is 9.80 Å². The second-order valence-corrected chi connectivity index (χ2v) is 12.7. The van der Waals surface area contributed by atoms with Crippen LogP contribution in [0.3, 0.4) is 0 Å². The molecule has 5 aromatic rings. The van der Waals surface area contributed by atoms with Gasteiger partial charge in [-0.15, -0.1) is 0 Å². The molecule has 0 fully saturated rings. The summed E-state index contributed by atoms with van der Waals surface area (Å²) in [5, 5.41) is 0.0454. The average molecular weight is 583 g/mol. The summed E-state index contributed by atoms with van der Waals surface area (Å²) < 4.78 is 85.9. The van der Waals surface area contributed by atoms with Gasteiger partial charge in [-0.25, -0.2) is 0 Å². The van der Waals surface area contributed by atoms with Gasteiger partial charge < -0.3 is 9.80 Å². The maximum atomic E-state index is 8.91. The first-order valence-corrected chi connectivity index (χ1v) is 14.2. The highest BCUT2D eigenvalue weighted by molar-refractivity contribution is 6.36. The van der Waals surface area contributed by atoms with Crippen LogP contribution in [0.15, 0.2) is 121 Å². The molecule has 0 saturated heterocycles. The summed E-state index contributed by atoms with van der Waals surface area (Å²) >= 11 is 7.42. The normalized spacial score (nSPS) is 15.1. The quantitative estimate of drug-likeness (QED) is 0.196. The molecule has 2 nitrogen and oxygen atoms in total. The maximum absolute atomic E-state index is 8.91. The molecule has 0 heterocycles. The Bertz CT molecular complexity index is 2000. The van der Waals surface area contributed by atoms with Crippen LogP contribution < -0.4 is 9.80 Å². The van der Waals surface area contributed by atoms with Gasteiger partial charge in [0.15, 0.2) is 0 Å². The van der Waals surface area contributed by atoms with Crippen LogP contribution in [0.1, 0.15) is 71.9 Å². The van der Waals surface area contributed by atoms with Crippen molar-refractivity contribution >= 4 is 45.7 Å². The monoisotopic (exact) mass is 582 g/mol. The number of benzene rings is 5. The Morgan fingerprint density at radius 3 is 1.19 bits per heavy atom. The van der Waals surface area contributed by atoms with Gasteiger partial charge in [-0.3, -0.25) is 0 Å². The van der Waals surface area contributed by atoms with Crippen LogP contribution in [-0.4, -0.2) is 0 Å². The molecule has 0 aliphatic carbocycles. The predicted molar refractivity (Wildman–Crippen MR) is 183 cm³/mol. The molecule has 0 bridgehead atoms. The molecular weight excluding hydrogens is 532 g/mol. The van der Waals surface area contributed by atoms with Gasteiger partial charge in [0.05, 0.1) is 30.1 Å². The fraction of sp³-hybridized carbons (Fsp3) is 0.231. The SMILES string of the molecule is [2H]c1c([2H])c([2H])c(N(c2cc(C)cc(N(c3ccc(C(C)(C)C)cc3)c3ccc(C(C)(C)C)cc3)c2Cl)c2c([2H])c([2H])c([2H])c([2H])c2[2H])c([2H])c1[2H]. The molecule has 3 heteroatoms. The van der Waals surface area contributed by atoms with Crippen molar-refractivity contribution in [2.45, 2.75) is 59.3 Å². The minimum Gasteiger partial charge on any atom is -0.309 e. The van der Waals surface area contributed by atoms with Crippen LogP contribution >= 0.6 is 11.6 Å². The molecule has 0 unspecified atom stereocenters. The molecule has 0 saturated carbocycles. The van der Waals surface area contributed by atoms with Crippen molar-refractivity contribution < 1.29 is 13.7 Å². The number of halogens is 1. The summed E-state index contributed by atoms with van der Waals surface area (Å²) in [5.41, 5.74) is 3.83. The first kappa shape index (κ1) is 19.2. The fourth-order valence-electron chi connectivity index (χ4n) is 4.77. The van der Waals surface area contributed by atoms with E-state index in [0.717, 1.165) is 27.4 Å². The molecule has 0 aliphatic heterocycles. The van der Waals surface area contributed by atoms with Gasteiger partial charge >= 0.3 is 0 Å². The van der Waals surface area contributed by atoms with Crippen LogP contribution in [0.5, 0.6) is 0 Å². The Hall–Kier alpha value is -4.01. The number of hydrogen-bond donors (Lipinski definition) is 0. The molecular formula is C39H41ClN2. The second kappa shape index (κ2) is 11.7. The van der Waals surface area contributed by atoms with E-state index in [4.69, 9.17) is 25.3 Å². The van der Waals surface area contributed by atoms with Crippen molar-refractivity contribution in [3.63, 3.8) is 0 Å². The largest absolute Gasteiger partial charge is 0.309 e. The van der Waals surface area contributed by atoms with Gasteiger partial charge in [-0.2, -0.15) is 0 Å². The standard InChI is InChI=1S/C39H41ClN2/c1-28-26-35(41(31-14-10-8-11-15-31)32-16-12-9-13-17-32)37(40)36(27-28)42(33-22-18-29(19-23-33)38(2,3)4)34-24-20-30(21-25-34)39(5,6)7/h8-27H,1-7H3/i8D,9D,10D,11D,12D,13D,14D,15D,16D,17D. The topological polar surface area (TPSA) is 6.48 Å². The lowest BCUT2D eigenvalue weighted by molar-refractivity contribution is 0.590. The van der Waals surface area contributed by atoms with Gasteiger partial charge in [0, 0.05) is 22.7 Å². The van der Waals surface area contributed by atoms with E-state index in [9.17, 15) is 0 Å². The van der Waals surface area contributed by atoms with E-state index in [1.54, 1.807) is 13.0 Å². The summed E-state index contributed by atoms with van der Waals surface area (Å²) in [7, 11) is 0. The summed E-state index contributed by atoms with van der Waals surface area (Å²) in [6.45, 7) is 14.6. The van der Waals surface area contributed by atoms with Gasteiger partial charge in [-0.1, -0.05) is 114 Å². The van der Waals surface area contributed by atoms with E-state index in [-0.39, 0.29) is 21.5 Å². The predicted octanol–water partition coefficient (Wildman–Crippen LogP) is 12.2. The van der Waals surface area contributed by atoms with E-state index in [2.05, 4.69) is 41.5 Å². The third-order valence-electron chi connectivity index (χ3n) is 7.06. The summed E-state index contributed by atoms with van der Waals surface area (Å²) in [6, 6.07) is 13.1. The fourth-order valence-corrected chi connectivity index (χ4v) is 5.05. The van der Waals surface area contributed by atoms with Crippen LogP contribution in [-0.2, 0) is 10.8 Å². The molecule has 5 aromatic carbocycles.